The minimum Gasteiger partial charge on any atom is -0.493 e. The fourth-order valence-electron chi connectivity index (χ4n) is 1.85. The van der Waals surface area contributed by atoms with Crippen molar-refractivity contribution in [3.05, 3.63) is 23.8 Å². The molecule has 0 aliphatic heterocycles. The lowest BCUT2D eigenvalue weighted by Crippen LogP contribution is -2.37. The summed E-state index contributed by atoms with van der Waals surface area (Å²) in [4.78, 5) is 0. The Balaban J connectivity index is 1.83. The summed E-state index contributed by atoms with van der Waals surface area (Å²) in [5, 5.41) is 6.96. The molecule has 4 nitrogen and oxygen atoms in total. The van der Waals surface area contributed by atoms with Gasteiger partial charge in [0.05, 0.1) is 7.11 Å². The zero-order valence-corrected chi connectivity index (χ0v) is 12.5. The number of halogens is 2. The first-order valence-electron chi connectivity index (χ1n) is 6.74. The molecular weight excluding hydrogens is 298 g/mol. The molecule has 1 saturated carbocycles. The highest BCUT2D eigenvalue weighted by molar-refractivity contribution is 7.80. The summed E-state index contributed by atoms with van der Waals surface area (Å²) in [5.74, 6) is 0.335. The topological polar surface area (TPSA) is 42.5 Å². The van der Waals surface area contributed by atoms with Crippen LogP contribution in [0.15, 0.2) is 18.2 Å². The Hall–Kier alpha value is -1.63. The Morgan fingerprint density at radius 1 is 1.38 bits per heavy atom. The normalized spacial score (nSPS) is 13.9. The highest BCUT2D eigenvalue weighted by Crippen LogP contribution is 2.29. The Morgan fingerprint density at radius 2 is 2.14 bits per heavy atom. The molecule has 116 valence electrons. The van der Waals surface area contributed by atoms with Gasteiger partial charge in [0.25, 0.3) is 0 Å². The number of ether oxygens (including phenoxy) is 2. The fraction of sp³-hybridized carbons (Fsp3) is 0.500. The van der Waals surface area contributed by atoms with Crippen molar-refractivity contribution in [1.82, 2.24) is 10.6 Å². The molecule has 0 radical (unpaired) electrons. The average Bonchev–Trinajstić information content (AvgIpc) is 3.23. The maximum Gasteiger partial charge on any atom is 0.387 e. The van der Waals surface area contributed by atoms with Crippen molar-refractivity contribution in [2.45, 2.75) is 31.9 Å². The third-order valence-corrected chi connectivity index (χ3v) is 3.32. The van der Waals surface area contributed by atoms with Crippen LogP contribution in [0.2, 0.25) is 0 Å². The van der Waals surface area contributed by atoms with E-state index in [9.17, 15) is 8.78 Å². The first-order valence-corrected chi connectivity index (χ1v) is 7.15. The van der Waals surface area contributed by atoms with Crippen molar-refractivity contribution in [3.8, 4) is 11.5 Å². The van der Waals surface area contributed by atoms with Crippen molar-refractivity contribution in [1.29, 1.82) is 0 Å². The summed E-state index contributed by atoms with van der Waals surface area (Å²) in [5.41, 5.74) is 0.954. The maximum absolute atomic E-state index is 12.2. The van der Waals surface area contributed by atoms with Gasteiger partial charge in [0.1, 0.15) is 0 Å². The van der Waals surface area contributed by atoms with Crippen LogP contribution in [0.3, 0.4) is 0 Å². The van der Waals surface area contributed by atoms with E-state index in [-0.39, 0.29) is 5.75 Å². The number of hydrogen-bond acceptors (Lipinski definition) is 3. The molecule has 2 N–H and O–H groups in total. The molecule has 1 aliphatic rings. The standard InChI is InChI=1S/C14H18F2N2O2S/c1-19-12-8-9(2-5-11(12)20-13(15)16)6-7-17-14(21)18-10-3-4-10/h2,5,8,10,13H,3-4,6-7H2,1H3,(H2,17,18,21). The van der Waals surface area contributed by atoms with Crippen LogP contribution in [-0.2, 0) is 6.42 Å². The van der Waals surface area contributed by atoms with Gasteiger partial charge in [-0.2, -0.15) is 8.78 Å². The number of thiocarbonyl (C=S) groups is 1. The molecule has 0 saturated heterocycles. The van der Waals surface area contributed by atoms with E-state index in [1.54, 1.807) is 12.1 Å². The van der Waals surface area contributed by atoms with Crippen molar-refractivity contribution in [2.24, 2.45) is 0 Å². The fourth-order valence-corrected chi connectivity index (χ4v) is 2.11. The second-order valence-corrected chi connectivity index (χ2v) is 5.20. The van der Waals surface area contributed by atoms with Gasteiger partial charge >= 0.3 is 6.61 Å². The zero-order valence-electron chi connectivity index (χ0n) is 11.7. The van der Waals surface area contributed by atoms with Crippen molar-refractivity contribution in [3.63, 3.8) is 0 Å². The van der Waals surface area contributed by atoms with Gasteiger partial charge < -0.3 is 20.1 Å². The first-order chi connectivity index (χ1) is 10.1. The molecule has 0 atom stereocenters. The summed E-state index contributed by atoms with van der Waals surface area (Å²) < 4.78 is 33.9. The monoisotopic (exact) mass is 316 g/mol. The number of alkyl halides is 2. The Labute approximate surface area is 127 Å². The number of methoxy groups -OCH3 is 1. The van der Waals surface area contributed by atoms with Gasteiger partial charge in [0.2, 0.25) is 0 Å². The molecule has 1 fully saturated rings. The number of hydrogen-bond donors (Lipinski definition) is 2. The van der Waals surface area contributed by atoms with Gasteiger partial charge in [-0.15, -0.1) is 0 Å². The van der Waals surface area contributed by atoms with E-state index in [0.29, 0.717) is 29.9 Å². The van der Waals surface area contributed by atoms with Crippen LogP contribution >= 0.6 is 12.2 Å². The summed E-state index contributed by atoms with van der Waals surface area (Å²) in [6.07, 6.45) is 3.05. The number of rotatable bonds is 7. The second kappa shape index (κ2) is 7.40. The second-order valence-electron chi connectivity index (χ2n) is 4.79. The van der Waals surface area contributed by atoms with Gasteiger partial charge in [-0.25, -0.2) is 0 Å². The predicted octanol–water partition coefficient (Wildman–Crippen LogP) is 2.47. The lowest BCUT2D eigenvalue weighted by atomic mass is 10.1. The van der Waals surface area contributed by atoms with Gasteiger partial charge in [0.15, 0.2) is 16.6 Å². The van der Waals surface area contributed by atoms with Crippen LogP contribution in [0.4, 0.5) is 8.78 Å². The van der Waals surface area contributed by atoms with Crippen LogP contribution in [-0.4, -0.2) is 31.4 Å². The minimum absolute atomic E-state index is 0.0372. The lowest BCUT2D eigenvalue weighted by molar-refractivity contribution is -0.0512. The first kappa shape index (κ1) is 15.8. The van der Waals surface area contributed by atoms with E-state index in [4.69, 9.17) is 17.0 Å². The van der Waals surface area contributed by atoms with Gasteiger partial charge in [-0.3, -0.25) is 0 Å². The zero-order chi connectivity index (χ0) is 15.2. The van der Waals surface area contributed by atoms with Gasteiger partial charge in [-0.1, -0.05) is 6.07 Å². The molecule has 0 amide bonds. The van der Waals surface area contributed by atoms with Crippen LogP contribution in [0.1, 0.15) is 18.4 Å². The highest BCUT2D eigenvalue weighted by atomic mass is 32.1. The van der Waals surface area contributed by atoms with Gasteiger partial charge in [-0.05, 0) is 49.2 Å². The third kappa shape index (κ3) is 5.34. The van der Waals surface area contributed by atoms with Crippen LogP contribution in [0, 0.1) is 0 Å². The Kier molecular flexibility index (Phi) is 5.55. The molecule has 0 aromatic heterocycles. The average molecular weight is 316 g/mol. The molecule has 0 heterocycles. The molecule has 0 spiro atoms. The summed E-state index contributed by atoms with van der Waals surface area (Å²) in [7, 11) is 1.42. The van der Waals surface area contributed by atoms with Gasteiger partial charge in [0, 0.05) is 12.6 Å². The van der Waals surface area contributed by atoms with Crippen molar-refractivity contribution >= 4 is 17.3 Å². The highest BCUT2D eigenvalue weighted by Gasteiger charge is 2.21. The van der Waals surface area contributed by atoms with E-state index in [2.05, 4.69) is 15.4 Å². The molecule has 1 aliphatic carbocycles. The smallest absolute Gasteiger partial charge is 0.387 e. The largest absolute Gasteiger partial charge is 0.493 e. The molecule has 0 unspecified atom stereocenters. The lowest BCUT2D eigenvalue weighted by Gasteiger charge is -2.12. The van der Waals surface area contributed by atoms with E-state index >= 15 is 0 Å². The van der Waals surface area contributed by atoms with E-state index in [1.165, 1.54) is 26.0 Å². The van der Waals surface area contributed by atoms with E-state index < -0.39 is 6.61 Å². The number of nitrogens with one attached hydrogen (secondary N) is 2. The SMILES string of the molecule is COc1cc(CCNC(=S)NC2CC2)ccc1OC(F)F. The molecule has 2 rings (SSSR count). The quantitative estimate of drug-likeness (QED) is 0.757. The van der Waals surface area contributed by atoms with Crippen LogP contribution in [0.5, 0.6) is 11.5 Å². The van der Waals surface area contributed by atoms with Crippen molar-refractivity contribution < 1.29 is 18.3 Å². The van der Waals surface area contributed by atoms with E-state index in [1.807, 2.05) is 0 Å². The molecule has 1 aromatic carbocycles. The summed E-state index contributed by atoms with van der Waals surface area (Å²) >= 11 is 5.15. The number of benzene rings is 1. The van der Waals surface area contributed by atoms with Crippen LogP contribution < -0.4 is 20.1 Å². The Bertz CT molecular complexity index is 496. The van der Waals surface area contributed by atoms with Crippen molar-refractivity contribution in [2.75, 3.05) is 13.7 Å². The summed E-state index contributed by atoms with van der Waals surface area (Å²) in [6, 6.07) is 5.44. The molecular formula is C14H18F2N2O2S. The maximum atomic E-state index is 12.2. The van der Waals surface area contributed by atoms with E-state index in [0.717, 1.165) is 5.56 Å². The molecule has 1 aromatic rings. The molecule has 0 bridgehead atoms. The Morgan fingerprint density at radius 3 is 2.76 bits per heavy atom. The molecule has 7 heteroatoms. The minimum atomic E-state index is -2.86. The predicted molar refractivity (Wildman–Crippen MR) is 80.1 cm³/mol. The molecule has 21 heavy (non-hydrogen) atoms. The summed E-state index contributed by atoms with van der Waals surface area (Å²) in [6.45, 7) is -2.20. The van der Waals surface area contributed by atoms with Crippen LogP contribution in [0.25, 0.3) is 0 Å². The third-order valence-electron chi connectivity index (χ3n) is 3.06.